The summed E-state index contributed by atoms with van der Waals surface area (Å²) in [7, 11) is 0. The van der Waals surface area contributed by atoms with Gasteiger partial charge in [0.25, 0.3) is 0 Å². The normalized spacial score (nSPS) is 12.9. The van der Waals surface area contributed by atoms with Gasteiger partial charge in [-0.1, -0.05) is 57.0 Å². The SMILES string of the molecule is [2H]c1c([2H])c([2H])c(-c2ccc3c(c2)c2ccc(Oc4ccc5oc6ccccc6c6cccc7c6n([c](=[Pt])n7-c6c(-c7ccccc7)cccc6-c6ccccc6)c5c4)cc2n3-c2cc(C(C)(C)C)ccn2)c([2H])c1[2H]. The molecule has 0 aliphatic heterocycles. The Bertz CT molecular complexity index is 4540. The fourth-order valence-electron chi connectivity index (χ4n) is 10.1. The minimum atomic E-state index is -0.427. The molecule has 13 rings (SSSR count). The molecule has 0 fully saturated rings. The van der Waals surface area contributed by atoms with Gasteiger partial charge >= 0.3 is 332 Å². The van der Waals surface area contributed by atoms with Gasteiger partial charge in [-0.15, -0.1) is 0 Å². The fourth-order valence-corrected chi connectivity index (χ4v) is 11.1. The zero-order chi connectivity index (χ0) is 52.1. The summed E-state index contributed by atoms with van der Waals surface area (Å²) in [6.07, 6.45) is 1.83. The summed E-state index contributed by atoms with van der Waals surface area (Å²) >= 11 is 2.48. The molecule has 0 spiro atoms. The van der Waals surface area contributed by atoms with E-state index in [1.807, 2.05) is 79.0 Å². The predicted molar refractivity (Wildman–Crippen MR) is 287 cm³/mol. The van der Waals surface area contributed by atoms with Crippen molar-refractivity contribution in [3.63, 3.8) is 0 Å². The minimum absolute atomic E-state index is 0.146. The van der Waals surface area contributed by atoms with E-state index in [2.05, 4.69) is 169 Å². The molecule has 0 radical (unpaired) electrons. The quantitative estimate of drug-likeness (QED) is 0.160. The van der Waals surface area contributed by atoms with E-state index in [1.165, 1.54) is 0 Å². The molecule has 4 aromatic heterocycles. The van der Waals surface area contributed by atoms with E-state index in [4.69, 9.17) is 21.0 Å². The van der Waals surface area contributed by atoms with Crippen molar-refractivity contribution in [1.82, 2.24) is 18.5 Å². The van der Waals surface area contributed by atoms with E-state index >= 15 is 0 Å². The molecule has 9 aromatic carbocycles. The zero-order valence-electron chi connectivity index (χ0n) is 43.9. The molecule has 0 aliphatic rings. The summed E-state index contributed by atoms with van der Waals surface area (Å²) in [6, 6.07) is 62.4. The first kappa shape index (κ1) is 37.6. The van der Waals surface area contributed by atoms with Gasteiger partial charge < -0.3 is 0 Å². The van der Waals surface area contributed by atoms with Crippen molar-refractivity contribution >= 4 is 60.3 Å². The molecule has 0 atom stereocenters. The van der Waals surface area contributed by atoms with Gasteiger partial charge in [0.2, 0.25) is 0 Å². The Hall–Kier alpha value is -8.31. The Morgan fingerprint density at radius 2 is 1.18 bits per heavy atom. The second-order valence-corrected chi connectivity index (χ2v) is 19.8. The molecule has 71 heavy (non-hydrogen) atoms. The summed E-state index contributed by atoms with van der Waals surface area (Å²) in [5.74, 6) is 1.88. The van der Waals surface area contributed by atoms with Crippen LogP contribution in [0.5, 0.6) is 11.5 Å². The number of aromatic nitrogens is 4. The first-order valence-corrected chi connectivity index (χ1v) is 24.7. The third kappa shape index (κ3) is 7.29. The molecule has 4 heterocycles. The number of rotatable bonds is 7. The Labute approximate surface area is 428 Å². The maximum atomic E-state index is 8.80. The van der Waals surface area contributed by atoms with Crippen molar-refractivity contribution in [2.75, 3.05) is 0 Å². The van der Waals surface area contributed by atoms with E-state index in [1.54, 1.807) is 0 Å². The van der Waals surface area contributed by atoms with Crippen LogP contribution in [0.4, 0.5) is 0 Å². The van der Waals surface area contributed by atoms with E-state index in [0.29, 0.717) is 28.5 Å². The van der Waals surface area contributed by atoms with Crippen molar-refractivity contribution in [2.45, 2.75) is 26.2 Å². The van der Waals surface area contributed by atoms with Gasteiger partial charge in [-0.05, 0) is 28.2 Å². The van der Waals surface area contributed by atoms with E-state index < -0.39 is 6.04 Å². The third-order valence-corrected chi connectivity index (χ3v) is 14.4. The summed E-state index contributed by atoms with van der Waals surface area (Å²) < 4.78 is 64.3. The third-order valence-electron chi connectivity index (χ3n) is 13.4. The second-order valence-electron chi connectivity index (χ2n) is 18.7. The Balaban J connectivity index is 1.04. The van der Waals surface area contributed by atoms with E-state index in [0.717, 1.165) is 92.0 Å². The van der Waals surface area contributed by atoms with Crippen LogP contribution in [-0.4, -0.2) is 18.5 Å². The van der Waals surface area contributed by atoms with Crippen molar-refractivity contribution in [3.8, 4) is 56.4 Å². The van der Waals surface area contributed by atoms with Crippen LogP contribution in [0.15, 0.2) is 229 Å². The Kier molecular flexibility index (Phi) is 8.98. The molecular weight excluding hydrogens is 1050 g/mol. The molecular formula is C64H46N4O2Pt. The number of fused-ring (bicyclic) bond motifs is 7. The van der Waals surface area contributed by atoms with Crippen molar-refractivity contribution in [1.29, 1.82) is 0 Å². The summed E-state index contributed by atoms with van der Waals surface area (Å²) in [5, 5.41) is 3.71. The number of hydrogen-bond acceptors (Lipinski definition) is 3. The van der Waals surface area contributed by atoms with E-state index in [-0.39, 0.29) is 35.1 Å². The topological polar surface area (TPSA) is 49.5 Å². The number of hydrogen-bond donors (Lipinski definition) is 0. The van der Waals surface area contributed by atoms with Crippen LogP contribution >= 0.6 is 0 Å². The first-order chi connectivity index (χ1) is 36.8. The Morgan fingerprint density at radius 3 is 1.93 bits per heavy atom. The smallest absolute Gasteiger partial charge is 0.0617 e. The fraction of sp³-hybridized carbons (Fsp3) is 0.0625. The molecule has 0 aliphatic carbocycles. The standard InChI is InChI=1S/C64H46N4O2.Pt/c1-64(2,3)46-35-36-65-61(38-46)68-55-33-29-45(42-17-7-4-8-18-42)37-54(55)51-32-30-47(39-57(51)68)69-48-31-34-60-58(40-48)67-41-66(56-27-16-26-53(63(56)67)52-23-13-14-28-59(52)70-60)62-49(43-19-9-5-10-20-43)24-15-25-50(62)44-21-11-6-12-22-44;/h4-40H,1-3H3;/i4D,7D,8D,17D,18D;. The molecule has 6 nitrogen and oxygen atoms in total. The van der Waals surface area contributed by atoms with Crippen LogP contribution in [0, 0.1) is 3.80 Å². The molecule has 13 aromatic rings. The maximum absolute atomic E-state index is 8.80. The number of ether oxygens (including phenoxy) is 1. The van der Waals surface area contributed by atoms with Gasteiger partial charge in [-0.2, -0.15) is 0 Å². The number of para-hydroxylation sites is 3. The average molecular weight is 1100 g/mol. The number of nitrogens with zero attached hydrogens (tertiary/aromatic N) is 4. The van der Waals surface area contributed by atoms with Crippen LogP contribution < -0.4 is 4.74 Å². The van der Waals surface area contributed by atoms with Gasteiger partial charge in [0, 0.05) is 6.20 Å². The van der Waals surface area contributed by atoms with Crippen LogP contribution in [-0.2, 0) is 24.8 Å². The van der Waals surface area contributed by atoms with E-state index in [9.17, 15) is 0 Å². The van der Waals surface area contributed by atoms with Crippen LogP contribution in [0.25, 0.3) is 105 Å². The first-order valence-electron chi connectivity index (χ1n) is 26.0. The summed E-state index contributed by atoms with van der Waals surface area (Å²) in [6.45, 7) is 6.52. The zero-order valence-corrected chi connectivity index (χ0v) is 41.2. The van der Waals surface area contributed by atoms with Gasteiger partial charge in [0.1, 0.15) is 0 Å². The summed E-state index contributed by atoms with van der Waals surface area (Å²) in [5.41, 5.74) is 13.0. The van der Waals surface area contributed by atoms with Gasteiger partial charge in [0.15, 0.2) is 0 Å². The Morgan fingerprint density at radius 1 is 0.507 bits per heavy atom. The van der Waals surface area contributed by atoms with Crippen LogP contribution in [0.3, 0.4) is 0 Å². The molecule has 7 heteroatoms. The molecule has 0 bridgehead atoms. The predicted octanol–water partition coefficient (Wildman–Crippen LogP) is 17.0. The minimum Gasteiger partial charge on any atom is -0.0617 e. The molecule has 0 saturated heterocycles. The van der Waals surface area contributed by atoms with Gasteiger partial charge in [-0.3, -0.25) is 0 Å². The van der Waals surface area contributed by atoms with Crippen molar-refractivity contribution < 1.29 is 35.4 Å². The second kappa shape index (κ2) is 17.0. The molecule has 0 saturated carbocycles. The monoisotopic (exact) mass is 1100 g/mol. The number of imidazole rings is 1. The molecule has 0 unspecified atom stereocenters. The molecule has 0 amide bonds. The van der Waals surface area contributed by atoms with Gasteiger partial charge in [0.05, 0.1) is 6.85 Å². The number of benzene rings is 9. The van der Waals surface area contributed by atoms with Crippen molar-refractivity contribution in [2.24, 2.45) is 0 Å². The van der Waals surface area contributed by atoms with Crippen molar-refractivity contribution in [3.05, 3.63) is 234 Å². The number of pyridine rings is 1. The molecule has 344 valence electrons. The van der Waals surface area contributed by atoms with Crippen LogP contribution in [0.1, 0.15) is 33.2 Å². The van der Waals surface area contributed by atoms with Gasteiger partial charge in [-0.25, -0.2) is 0 Å². The van der Waals surface area contributed by atoms with Crippen LogP contribution in [0.2, 0.25) is 0 Å². The molecule has 0 N–H and O–H groups in total. The summed E-state index contributed by atoms with van der Waals surface area (Å²) in [4.78, 5) is 4.92. The average Bonchev–Trinajstić information content (AvgIpc) is 4.11.